The third-order valence-electron chi connectivity index (χ3n) is 4.54. The summed E-state index contributed by atoms with van der Waals surface area (Å²) in [6, 6.07) is 1.35. The van der Waals surface area contributed by atoms with Crippen LogP contribution in [-0.4, -0.2) is 63.1 Å². The lowest BCUT2D eigenvalue weighted by atomic mass is 10.0. The largest absolute Gasteiger partial charge is 0.375 e. The molecule has 1 aromatic rings. The zero-order chi connectivity index (χ0) is 16.8. The minimum absolute atomic E-state index is 0.107. The molecule has 0 spiro atoms. The second-order valence-corrected chi connectivity index (χ2v) is 8.03. The van der Waals surface area contributed by atoms with E-state index in [0.29, 0.717) is 12.6 Å². The van der Waals surface area contributed by atoms with Crippen LogP contribution in [0.25, 0.3) is 0 Å². The first-order valence-corrected chi connectivity index (χ1v) is 9.02. The molecule has 0 saturated carbocycles. The molecule has 2 aliphatic rings. The van der Waals surface area contributed by atoms with E-state index in [2.05, 4.69) is 0 Å². The van der Waals surface area contributed by atoms with Gasteiger partial charge in [0, 0.05) is 25.7 Å². The van der Waals surface area contributed by atoms with Crippen LogP contribution in [0.4, 0.5) is 8.78 Å². The van der Waals surface area contributed by atoms with E-state index in [-0.39, 0.29) is 30.9 Å². The van der Waals surface area contributed by atoms with E-state index in [1.54, 1.807) is 0 Å². The van der Waals surface area contributed by atoms with Gasteiger partial charge in [-0.2, -0.15) is 4.31 Å². The molecule has 8 heteroatoms. The second-order valence-electron chi connectivity index (χ2n) is 6.18. The lowest BCUT2D eigenvalue weighted by molar-refractivity contribution is -0.0720. The molecule has 5 nitrogen and oxygen atoms in total. The SMILES string of the molecule is Cc1cc(S(=O)(=O)N2CCO[C@@H]3CCN(C)C[C@H]32)c(F)cc1F. The van der Waals surface area contributed by atoms with E-state index in [1.807, 2.05) is 11.9 Å². The van der Waals surface area contributed by atoms with Crippen LogP contribution in [0.5, 0.6) is 0 Å². The van der Waals surface area contributed by atoms with Gasteiger partial charge in [-0.15, -0.1) is 0 Å². The molecule has 0 N–H and O–H groups in total. The highest BCUT2D eigenvalue weighted by Gasteiger charge is 2.43. The molecule has 0 radical (unpaired) electrons. The number of ether oxygens (including phenoxy) is 1. The molecule has 0 bridgehead atoms. The smallest absolute Gasteiger partial charge is 0.246 e. The van der Waals surface area contributed by atoms with Crippen molar-refractivity contribution in [2.45, 2.75) is 30.4 Å². The summed E-state index contributed by atoms with van der Waals surface area (Å²) in [6.07, 6.45) is 0.553. The van der Waals surface area contributed by atoms with Crippen molar-refractivity contribution in [3.8, 4) is 0 Å². The molecule has 2 aliphatic heterocycles. The van der Waals surface area contributed by atoms with Gasteiger partial charge in [0.05, 0.1) is 18.8 Å². The number of nitrogens with zero attached hydrogens (tertiary/aromatic N) is 2. The molecule has 128 valence electrons. The number of hydrogen-bond acceptors (Lipinski definition) is 4. The van der Waals surface area contributed by atoms with Gasteiger partial charge in [-0.1, -0.05) is 0 Å². The summed E-state index contributed by atoms with van der Waals surface area (Å²) >= 11 is 0. The number of likely N-dealkylation sites (N-methyl/N-ethyl adjacent to an activating group) is 1. The van der Waals surface area contributed by atoms with Gasteiger partial charge in [-0.05, 0) is 32.0 Å². The van der Waals surface area contributed by atoms with Crippen molar-refractivity contribution in [3.05, 3.63) is 29.3 Å². The number of benzene rings is 1. The summed E-state index contributed by atoms with van der Waals surface area (Å²) in [5, 5.41) is 0. The van der Waals surface area contributed by atoms with Gasteiger partial charge in [-0.3, -0.25) is 0 Å². The van der Waals surface area contributed by atoms with Crippen molar-refractivity contribution >= 4 is 10.0 Å². The minimum atomic E-state index is -4.04. The molecule has 2 saturated heterocycles. The van der Waals surface area contributed by atoms with Crippen LogP contribution in [0.3, 0.4) is 0 Å². The van der Waals surface area contributed by atoms with Crippen LogP contribution in [0.1, 0.15) is 12.0 Å². The average Bonchev–Trinajstić information content (AvgIpc) is 2.50. The lowest BCUT2D eigenvalue weighted by Crippen LogP contribution is -2.60. The fourth-order valence-corrected chi connectivity index (χ4v) is 5.01. The van der Waals surface area contributed by atoms with Gasteiger partial charge in [0.1, 0.15) is 16.5 Å². The van der Waals surface area contributed by atoms with Crippen molar-refractivity contribution in [2.24, 2.45) is 0 Å². The predicted molar refractivity (Wildman–Crippen MR) is 80.6 cm³/mol. The third kappa shape index (κ3) is 3.00. The number of piperidine rings is 1. The number of aryl methyl sites for hydroxylation is 1. The Morgan fingerprint density at radius 2 is 1.96 bits per heavy atom. The first-order chi connectivity index (χ1) is 10.8. The molecular weight excluding hydrogens is 326 g/mol. The topological polar surface area (TPSA) is 49.9 Å². The number of fused-ring (bicyclic) bond motifs is 1. The molecule has 23 heavy (non-hydrogen) atoms. The van der Waals surface area contributed by atoms with E-state index in [0.717, 1.165) is 19.0 Å². The van der Waals surface area contributed by atoms with Crippen LogP contribution < -0.4 is 0 Å². The van der Waals surface area contributed by atoms with Crippen molar-refractivity contribution < 1.29 is 21.9 Å². The summed E-state index contributed by atoms with van der Waals surface area (Å²) < 4.78 is 60.4. The van der Waals surface area contributed by atoms with Gasteiger partial charge in [-0.25, -0.2) is 17.2 Å². The first-order valence-electron chi connectivity index (χ1n) is 7.58. The van der Waals surface area contributed by atoms with E-state index >= 15 is 0 Å². The maximum atomic E-state index is 14.1. The molecule has 1 aromatic carbocycles. The van der Waals surface area contributed by atoms with Gasteiger partial charge >= 0.3 is 0 Å². The normalized spacial score (nSPS) is 27.0. The fraction of sp³-hybridized carbons (Fsp3) is 0.600. The molecule has 2 heterocycles. The predicted octanol–water partition coefficient (Wildman–Crippen LogP) is 1.37. The van der Waals surface area contributed by atoms with Crippen LogP contribution in [0, 0.1) is 18.6 Å². The number of halogens is 2. The van der Waals surface area contributed by atoms with Crippen LogP contribution >= 0.6 is 0 Å². The molecule has 0 amide bonds. The van der Waals surface area contributed by atoms with Gasteiger partial charge in [0.15, 0.2) is 0 Å². The molecule has 0 aliphatic carbocycles. The number of likely N-dealkylation sites (tertiary alicyclic amines) is 1. The van der Waals surface area contributed by atoms with E-state index in [1.165, 1.54) is 11.2 Å². The molecule has 3 rings (SSSR count). The van der Waals surface area contributed by atoms with Crippen molar-refractivity contribution in [3.63, 3.8) is 0 Å². The summed E-state index contributed by atoms with van der Waals surface area (Å²) in [6.45, 7) is 3.24. The third-order valence-corrected chi connectivity index (χ3v) is 6.48. The zero-order valence-electron chi connectivity index (χ0n) is 13.1. The number of morpholine rings is 1. The van der Waals surface area contributed by atoms with Gasteiger partial charge in [0.2, 0.25) is 10.0 Å². The van der Waals surface area contributed by atoms with Crippen LogP contribution in [0.2, 0.25) is 0 Å². The van der Waals surface area contributed by atoms with Crippen LogP contribution in [0.15, 0.2) is 17.0 Å². The quantitative estimate of drug-likeness (QED) is 0.812. The Morgan fingerprint density at radius 3 is 2.70 bits per heavy atom. The van der Waals surface area contributed by atoms with Crippen molar-refractivity contribution in [1.82, 2.24) is 9.21 Å². The Morgan fingerprint density at radius 1 is 1.22 bits per heavy atom. The summed E-state index contributed by atoms with van der Waals surface area (Å²) in [7, 11) is -2.13. The highest BCUT2D eigenvalue weighted by atomic mass is 32.2. The van der Waals surface area contributed by atoms with Gasteiger partial charge in [0.25, 0.3) is 0 Å². The highest BCUT2D eigenvalue weighted by Crippen LogP contribution is 2.30. The summed E-state index contributed by atoms with van der Waals surface area (Å²) in [5.41, 5.74) is 0.107. The number of sulfonamides is 1. The molecule has 2 atom stereocenters. The molecular formula is C15H20F2N2O3S. The lowest BCUT2D eigenvalue weighted by Gasteiger charge is -2.45. The van der Waals surface area contributed by atoms with Crippen molar-refractivity contribution in [2.75, 3.05) is 33.3 Å². The maximum Gasteiger partial charge on any atom is 0.246 e. The highest BCUT2D eigenvalue weighted by molar-refractivity contribution is 7.89. The Bertz CT molecular complexity index is 711. The van der Waals surface area contributed by atoms with Gasteiger partial charge < -0.3 is 9.64 Å². The fourth-order valence-electron chi connectivity index (χ4n) is 3.25. The molecule has 0 aromatic heterocycles. The Kier molecular flexibility index (Phi) is 4.43. The monoisotopic (exact) mass is 346 g/mol. The Balaban J connectivity index is 2.00. The maximum absolute atomic E-state index is 14.1. The Labute approximate surface area is 134 Å². The van der Waals surface area contributed by atoms with E-state index in [9.17, 15) is 17.2 Å². The number of rotatable bonds is 2. The molecule has 0 unspecified atom stereocenters. The summed E-state index contributed by atoms with van der Waals surface area (Å²) in [5.74, 6) is -1.81. The van der Waals surface area contributed by atoms with E-state index in [4.69, 9.17) is 4.74 Å². The second kappa shape index (κ2) is 6.08. The molecule has 2 fully saturated rings. The van der Waals surface area contributed by atoms with Crippen molar-refractivity contribution in [1.29, 1.82) is 0 Å². The van der Waals surface area contributed by atoms with E-state index < -0.39 is 26.6 Å². The Hall–Kier alpha value is -1.09. The zero-order valence-corrected chi connectivity index (χ0v) is 13.9. The average molecular weight is 346 g/mol. The minimum Gasteiger partial charge on any atom is -0.375 e. The van der Waals surface area contributed by atoms with Crippen LogP contribution in [-0.2, 0) is 14.8 Å². The first kappa shape index (κ1) is 16.8. The summed E-state index contributed by atoms with van der Waals surface area (Å²) in [4.78, 5) is 1.57. The standard InChI is InChI=1S/C15H20F2N2O3S/c1-10-7-15(12(17)8-11(10)16)23(20,21)19-5-6-22-14-3-4-18(2)9-13(14)19/h7-8,13-14H,3-6,9H2,1-2H3/t13-,14-/m1/s1. The number of hydrogen-bond donors (Lipinski definition) is 0.